The summed E-state index contributed by atoms with van der Waals surface area (Å²) in [6, 6.07) is 0.678. The van der Waals surface area contributed by atoms with Crippen LogP contribution in [-0.4, -0.2) is 47.8 Å². The van der Waals surface area contributed by atoms with Gasteiger partial charge in [0.25, 0.3) is 0 Å². The molecule has 3 nitrogen and oxygen atoms in total. The second-order valence-electron chi connectivity index (χ2n) is 6.79. The maximum absolute atomic E-state index is 9.56. The third-order valence-electron chi connectivity index (χ3n) is 4.42. The normalized spacial score (nSPS) is 29.2. The van der Waals surface area contributed by atoms with Gasteiger partial charge in [0, 0.05) is 18.1 Å². The van der Waals surface area contributed by atoms with Crippen LogP contribution < -0.4 is 5.32 Å². The molecule has 1 saturated heterocycles. The van der Waals surface area contributed by atoms with Gasteiger partial charge in [-0.15, -0.1) is 0 Å². The van der Waals surface area contributed by atoms with Gasteiger partial charge in [-0.3, -0.25) is 0 Å². The molecule has 2 rings (SSSR count). The molecule has 2 N–H and O–H groups in total. The van der Waals surface area contributed by atoms with Gasteiger partial charge in [0.15, 0.2) is 0 Å². The van der Waals surface area contributed by atoms with Crippen molar-refractivity contribution in [1.29, 1.82) is 0 Å². The number of likely N-dealkylation sites (tertiary alicyclic amines) is 1. The number of aliphatic hydroxyl groups is 1. The molecule has 1 saturated carbocycles. The number of hydrogen-bond donors (Lipinski definition) is 2. The highest BCUT2D eigenvalue weighted by atomic mass is 16.3. The van der Waals surface area contributed by atoms with E-state index in [2.05, 4.69) is 24.1 Å². The van der Waals surface area contributed by atoms with Crippen molar-refractivity contribution < 1.29 is 5.11 Å². The van der Waals surface area contributed by atoms with E-state index in [0.717, 1.165) is 12.3 Å². The molecule has 18 heavy (non-hydrogen) atoms. The van der Waals surface area contributed by atoms with E-state index in [1.165, 1.54) is 51.7 Å². The highest BCUT2D eigenvalue weighted by molar-refractivity contribution is 4.92. The molecule has 2 unspecified atom stereocenters. The van der Waals surface area contributed by atoms with Gasteiger partial charge in [-0.05, 0) is 64.5 Å². The molecule has 1 heterocycles. The van der Waals surface area contributed by atoms with Gasteiger partial charge >= 0.3 is 0 Å². The minimum atomic E-state index is -0.0530. The minimum Gasteiger partial charge on any atom is -0.394 e. The monoisotopic (exact) mass is 254 g/mol. The molecule has 106 valence electrons. The molecule has 0 amide bonds. The molecule has 0 radical (unpaired) electrons. The number of aliphatic hydroxyl groups excluding tert-OH is 1. The second-order valence-corrected chi connectivity index (χ2v) is 6.79. The van der Waals surface area contributed by atoms with Crippen LogP contribution in [0.25, 0.3) is 0 Å². The van der Waals surface area contributed by atoms with E-state index >= 15 is 0 Å². The van der Waals surface area contributed by atoms with Gasteiger partial charge in [-0.1, -0.05) is 6.92 Å². The Kier molecular flexibility index (Phi) is 5.05. The predicted octanol–water partition coefficient (Wildman–Crippen LogP) is 2.00. The van der Waals surface area contributed by atoms with Gasteiger partial charge in [0.1, 0.15) is 0 Å². The van der Waals surface area contributed by atoms with E-state index < -0.39 is 0 Å². The van der Waals surface area contributed by atoms with Crippen LogP contribution in [-0.2, 0) is 0 Å². The molecule has 0 aromatic heterocycles. The summed E-state index contributed by atoms with van der Waals surface area (Å²) in [7, 11) is 0. The van der Waals surface area contributed by atoms with Gasteiger partial charge < -0.3 is 15.3 Å². The fourth-order valence-electron chi connectivity index (χ4n) is 3.10. The van der Waals surface area contributed by atoms with Crippen LogP contribution in [0.1, 0.15) is 52.4 Å². The van der Waals surface area contributed by atoms with Crippen LogP contribution >= 0.6 is 0 Å². The summed E-state index contributed by atoms with van der Waals surface area (Å²) in [6.45, 7) is 8.54. The van der Waals surface area contributed by atoms with Crippen molar-refractivity contribution >= 4 is 0 Å². The molecule has 2 fully saturated rings. The quantitative estimate of drug-likeness (QED) is 0.729. The summed E-state index contributed by atoms with van der Waals surface area (Å²) >= 11 is 0. The first-order valence-electron chi connectivity index (χ1n) is 7.72. The number of hydrogen-bond acceptors (Lipinski definition) is 3. The van der Waals surface area contributed by atoms with Crippen molar-refractivity contribution in [2.24, 2.45) is 5.92 Å². The molecule has 0 aromatic rings. The maximum atomic E-state index is 9.56. The van der Waals surface area contributed by atoms with Crippen LogP contribution in [0.4, 0.5) is 0 Å². The van der Waals surface area contributed by atoms with Crippen molar-refractivity contribution in [1.82, 2.24) is 10.2 Å². The summed E-state index contributed by atoms with van der Waals surface area (Å²) in [4.78, 5) is 2.60. The Labute approximate surface area is 112 Å². The predicted molar refractivity (Wildman–Crippen MR) is 75.7 cm³/mol. The molecule has 0 aromatic carbocycles. The van der Waals surface area contributed by atoms with Gasteiger partial charge in [-0.2, -0.15) is 0 Å². The summed E-state index contributed by atoms with van der Waals surface area (Å²) < 4.78 is 0. The topological polar surface area (TPSA) is 35.5 Å². The SMILES string of the molecule is CC1CCCN(CCCC(C)(CO)NC2CC2)C1. The molecular weight excluding hydrogens is 224 g/mol. The van der Waals surface area contributed by atoms with Crippen LogP contribution in [0, 0.1) is 5.92 Å². The third-order valence-corrected chi connectivity index (χ3v) is 4.42. The molecule has 1 aliphatic carbocycles. The fraction of sp³-hybridized carbons (Fsp3) is 1.00. The second kappa shape index (κ2) is 6.36. The molecule has 0 spiro atoms. The molecule has 2 aliphatic rings. The number of piperidine rings is 1. The lowest BCUT2D eigenvalue weighted by molar-refractivity contribution is 0.143. The zero-order valence-corrected chi connectivity index (χ0v) is 12.1. The highest BCUT2D eigenvalue weighted by Crippen LogP contribution is 2.25. The standard InChI is InChI=1S/C15H30N2O/c1-13-5-3-9-17(11-13)10-4-8-15(2,12-18)16-14-6-7-14/h13-14,16,18H,3-12H2,1-2H3. The molecule has 0 bridgehead atoms. The molecular formula is C15H30N2O. The van der Waals surface area contributed by atoms with Crippen LogP contribution in [0.15, 0.2) is 0 Å². The Hall–Kier alpha value is -0.120. The number of nitrogens with zero attached hydrogens (tertiary/aromatic N) is 1. The lowest BCUT2D eigenvalue weighted by Gasteiger charge is -2.33. The van der Waals surface area contributed by atoms with Gasteiger partial charge in [-0.25, -0.2) is 0 Å². The Morgan fingerprint density at radius 2 is 2.11 bits per heavy atom. The van der Waals surface area contributed by atoms with Crippen molar-refractivity contribution in [3.05, 3.63) is 0 Å². The summed E-state index contributed by atoms with van der Waals surface area (Å²) in [5.74, 6) is 0.868. The van der Waals surface area contributed by atoms with E-state index in [1.54, 1.807) is 0 Å². The van der Waals surface area contributed by atoms with E-state index in [1.807, 2.05) is 0 Å². The summed E-state index contributed by atoms with van der Waals surface area (Å²) in [5, 5.41) is 13.2. The average molecular weight is 254 g/mol. The van der Waals surface area contributed by atoms with Crippen LogP contribution in [0.3, 0.4) is 0 Å². The summed E-state index contributed by atoms with van der Waals surface area (Å²) in [5.41, 5.74) is -0.0530. The third kappa shape index (κ3) is 4.52. The average Bonchev–Trinajstić information content (AvgIpc) is 3.13. The summed E-state index contributed by atoms with van der Waals surface area (Å²) in [6.07, 6.45) is 7.62. The van der Waals surface area contributed by atoms with Crippen LogP contribution in [0.2, 0.25) is 0 Å². The number of nitrogens with one attached hydrogen (secondary N) is 1. The first kappa shape index (κ1) is 14.3. The Morgan fingerprint density at radius 3 is 2.72 bits per heavy atom. The Bertz CT molecular complexity index is 255. The van der Waals surface area contributed by atoms with Crippen molar-refractivity contribution in [3.8, 4) is 0 Å². The molecule has 1 aliphatic heterocycles. The highest BCUT2D eigenvalue weighted by Gasteiger charge is 2.31. The Balaban J connectivity index is 1.66. The lowest BCUT2D eigenvalue weighted by Crippen LogP contribution is -2.47. The molecule has 2 atom stereocenters. The Morgan fingerprint density at radius 1 is 1.33 bits per heavy atom. The van der Waals surface area contributed by atoms with E-state index in [4.69, 9.17) is 0 Å². The van der Waals surface area contributed by atoms with E-state index in [9.17, 15) is 5.11 Å². The van der Waals surface area contributed by atoms with Gasteiger partial charge in [0.05, 0.1) is 6.61 Å². The number of rotatable bonds is 7. The maximum Gasteiger partial charge on any atom is 0.0610 e. The minimum absolute atomic E-state index is 0.0530. The van der Waals surface area contributed by atoms with Gasteiger partial charge in [0.2, 0.25) is 0 Å². The van der Waals surface area contributed by atoms with Crippen molar-refractivity contribution in [2.75, 3.05) is 26.2 Å². The van der Waals surface area contributed by atoms with Crippen LogP contribution in [0.5, 0.6) is 0 Å². The first-order valence-corrected chi connectivity index (χ1v) is 7.72. The van der Waals surface area contributed by atoms with Crippen molar-refractivity contribution in [2.45, 2.75) is 64.0 Å². The first-order chi connectivity index (χ1) is 8.61. The zero-order chi connectivity index (χ0) is 13.0. The largest absolute Gasteiger partial charge is 0.394 e. The van der Waals surface area contributed by atoms with E-state index in [0.29, 0.717) is 6.04 Å². The zero-order valence-electron chi connectivity index (χ0n) is 12.1. The fourth-order valence-corrected chi connectivity index (χ4v) is 3.10. The van der Waals surface area contributed by atoms with E-state index in [-0.39, 0.29) is 12.1 Å². The molecule has 3 heteroatoms. The van der Waals surface area contributed by atoms with Crippen molar-refractivity contribution in [3.63, 3.8) is 0 Å². The lowest BCUT2D eigenvalue weighted by atomic mass is 9.95. The smallest absolute Gasteiger partial charge is 0.0610 e.